The molecule has 0 saturated heterocycles. The van der Waals surface area contributed by atoms with Gasteiger partial charge in [-0.05, 0) is 40.9 Å². The summed E-state index contributed by atoms with van der Waals surface area (Å²) in [7, 11) is 2.02. The first-order valence-corrected chi connectivity index (χ1v) is 6.13. The molecule has 0 aliphatic carbocycles. The van der Waals surface area contributed by atoms with E-state index in [1.807, 2.05) is 13.1 Å². The highest BCUT2D eigenvalue weighted by molar-refractivity contribution is 9.10. The van der Waals surface area contributed by atoms with Gasteiger partial charge in [0.25, 0.3) is 0 Å². The molecule has 1 atom stereocenters. The molecule has 0 aliphatic rings. The second-order valence-corrected chi connectivity index (χ2v) is 5.79. The largest absolute Gasteiger partial charge is 0.468 e. The predicted octanol–water partition coefficient (Wildman–Crippen LogP) is 3.61. The smallest absolute Gasteiger partial charge is 0.117 e. The van der Waals surface area contributed by atoms with Crippen molar-refractivity contribution in [2.45, 2.75) is 39.7 Å². The van der Waals surface area contributed by atoms with E-state index in [-0.39, 0.29) is 5.41 Å². The van der Waals surface area contributed by atoms with E-state index in [0.29, 0.717) is 6.04 Å². The first kappa shape index (κ1) is 12.8. The van der Waals surface area contributed by atoms with Crippen molar-refractivity contribution < 1.29 is 4.42 Å². The lowest BCUT2D eigenvalue weighted by Gasteiger charge is -2.30. The van der Waals surface area contributed by atoms with Gasteiger partial charge in [-0.2, -0.15) is 0 Å². The Morgan fingerprint density at radius 2 is 2.13 bits per heavy atom. The second kappa shape index (κ2) is 5.17. The molecule has 0 spiro atoms. The van der Waals surface area contributed by atoms with Crippen LogP contribution in [0.2, 0.25) is 0 Å². The van der Waals surface area contributed by atoms with Gasteiger partial charge in [-0.3, -0.25) is 0 Å². The summed E-state index contributed by atoms with van der Waals surface area (Å²) in [5.74, 6) is 1.04. The average molecular weight is 274 g/mol. The molecule has 3 heteroatoms. The van der Waals surface area contributed by atoms with E-state index in [9.17, 15) is 0 Å². The van der Waals surface area contributed by atoms with Crippen LogP contribution in [-0.4, -0.2) is 13.1 Å². The first-order valence-electron chi connectivity index (χ1n) is 5.34. The van der Waals surface area contributed by atoms with E-state index in [0.717, 1.165) is 23.1 Å². The molecule has 1 heterocycles. The van der Waals surface area contributed by atoms with Gasteiger partial charge < -0.3 is 9.73 Å². The van der Waals surface area contributed by atoms with Crippen molar-refractivity contribution in [2.24, 2.45) is 5.41 Å². The molecule has 15 heavy (non-hydrogen) atoms. The summed E-state index contributed by atoms with van der Waals surface area (Å²) < 4.78 is 6.47. The molecule has 0 radical (unpaired) electrons. The molecular formula is C12H20BrNO. The van der Waals surface area contributed by atoms with Crippen molar-refractivity contribution in [3.63, 3.8) is 0 Å². The van der Waals surface area contributed by atoms with Crippen LogP contribution in [0.3, 0.4) is 0 Å². The Morgan fingerprint density at radius 1 is 1.47 bits per heavy atom. The Labute approximate surface area is 101 Å². The fourth-order valence-electron chi connectivity index (χ4n) is 1.79. The monoisotopic (exact) mass is 273 g/mol. The van der Waals surface area contributed by atoms with Crippen LogP contribution >= 0.6 is 15.9 Å². The molecular weight excluding hydrogens is 254 g/mol. The number of halogens is 1. The van der Waals surface area contributed by atoms with Crippen molar-refractivity contribution >= 4 is 15.9 Å². The van der Waals surface area contributed by atoms with E-state index < -0.39 is 0 Å². The van der Waals surface area contributed by atoms with Crippen LogP contribution in [-0.2, 0) is 6.42 Å². The molecule has 1 aromatic rings. The number of rotatable bonds is 4. The lowest BCUT2D eigenvalue weighted by atomic mass is 9.84. The predicted molar refractivity (Wildman–Crippen MR) is 67.0 cm³/mol. The maximum Gasteiger partial charge on any atom is 0.117 e. The Hall–Kier alpha value is -0.280. The van der Waals surface area contributed by atoms with Gasteiger partial charge in [0, 0.05) is 12.5 Å². The van der Waals surface area contributed by atoms with Crippen molar-refractivity contribution in [1.82, 2.24) is 5.32 Å². The van der Waals surface area contributed by atoms with E-state index in [1.165, 1.54) is 0 Å². The topological polar surface area (TPSA) is 25.2 Å². The summed E-state index contributed by atoms with van der Waals surface area (Å²) in [6.45, 7) is 6.77. The first-order chi connectivity index (χ1) is 6.95. The summed E-state index contributed by atoms with van der Waals surface area (Å²) in [5, 5.41) is 3.37. The zero-order valence-corrected chi connectivity index (χ0v) is 11.5. The maximum absolute atomic E-state index is 5.40. The molecule has 1 aromatic heterocycles. The number of nitrogens with one attached hydrogen (secondary N) is 1. The molecule has 86 valence electrons. The van der Waals surface area contributed by atoms with E-state index in [2.05, 4.69) is 42.0 Å². The molecule has 0 saturated carbocycles. The van der Waals surface area contributed by atoms with Gasteiger partial charge in [-0.1, -0.05) is 20.8 Å². The van der Waals surface area contributed by atoms with Crippen LogP contribution in [0.25, 0.3) is 0 Å². The summed E-state index contributed by atoms with van der Waals surface area (Å²) >= 11 is 3.47. The van der Waals surface area contributed by atoms with Gasteiger partial charge in [0.2, 0.25) is 0 Å². The Morgan fingerprint density at radius 3 is 2.53 bits per heavy atom. The minimum Gasteiger partial charge on any atom is -0.468 e. The third-order valence-electron chi connectivity index (χ3n) is 2.74. The van der Waals surface area contributed by atoms with Crippen molar-refractivity contribution in [2.75, 3.05) is 7.05 Å². The molecule has 0 aromatic carbocycles. The van der Waals surface area contributed by atoms with Crippen molar-refractivity contribution in [1.29, 1.82) is 0 Å². The SMILES string of the molecule is CNC(CCc1occc1Br)C(C)(C)C. The third kappa shape index (κ3) is 3.65. The van der Waals surface area contributed by atoms with E-state index in [1.54, 1.807) is 6.26 Å². The van der Waals surface area contributed by atoms with E-state index >= 15 is 0 Å². The van der Waals surface area contributed by atoms with Gasteiger partial charge >= 0.3 is 0 Å². The zero-order valence-electron chi connectivity index (χ0n) is 9.93. The fourth-order valence-corrected chi connectivity index (χ4v) is 2.19. The molecule has 1 rings (SSSR count). The Kier molecular flexibility index (Phi) is 4.41. The van der Waals surface area contributed by atoms with Crippen LogP contribution < -0.4 is 5.32 Å². The highest BCUT2D eigenvalue weighted by atomic mass is 79.9. The third-order valence-corrected chi connectivity index (χ3v) is 3.45. The molecule has 1 unspecified atom stereocenters. The molecule has 0 bridgehead atoms. The van der Waals surface area contributed by atoms with Crippen LogP contribution in [0, 0.1) is 5.41 Å². The summed E-state index contributed by atoms with van der Waals surface area (Å²) in [6.07, 6.45) is 3.79. The second-order valence-electron chi connectivity index (χ2n) is 4.94. The van der Waals surface area contributed by atoms with Gasteiger partial charge in [-0.25, -0.2) is 0 Å². The molecule has 2 nitrogen and oxygen atoms in total. The van der Waals surface area contributed by atoms with Gasteiger partial charge in [0.05, 0.1) is 10.7 Å². The van der Waals surface area contributed by atoms with Crippen molar-refractivity contribution in [3.05, 3.63) is 22.6 Å². The molecule has 0 fully saturated rings. The number of aryl methyl sites for hydroxylation is 1. The average Bonchev–Trinajstić information content (AvgIpc) is 2.50. The zero-order chi connectivity index (χ0) is 11.5. The summed E-state index contributed by atoms with van der Waals surface area (Å²) in [5.41, 5.74) is 0.286. The van der Waals surface area contributed by atoms with Crippen LogP contribution in [0.15, 0.2) is 21.2 Å². The fraction of sp³-hybridized carbons (Fsp3) is 0.667. The van der Waals surface area contributed by atoms with Gasteiger partial charge in [-0.15, -0.1) is 0 Å². The normalized spacial score (nSPS) is 14.2. The van der Waals surface area contributed by atoms with Gasteiger partial charge in [0.15, 0.2) is 0 Å². The highest BCUT2D eigenvalue weighted by Gasteiger charge is 2.23. The molecule has 0 aliphatic heterocycles. The summed E-state index contributed by atoms with van der Waals surface area (Å²) in [6, 6.07) is 2.45. The standard InChI is InChI=1S/C12H20BrNO/c1-12(2,3)11(14-4)6-5-10-9(13)7-8-15-10/h7-8,11,14H,5-6H2,1-4H3. The van der Waals surface area contributed by atoms with Crippen LogP contribution in [0.1, 0.15) is 33.0 Å². The molecule has 0 amide bonds. The lowest BCUT2D eigenvalue weighted by molar-refractivity contribution is 0.263. The Balaban J connectivity index is 2.52. The highest BCUT2D eigenvalue weighted by Crippen LogP contribution is 2.25. The number of hydrogen-bond acceptors (Lipinski definition) is 2. The minimum atomic E-state index is 0.286. The van der Waals surface area contributed by atoms with Gasteiger partial charge in [0.1, 0.15) is 5.76 Å². The van der Waals surface area contributed by atoms with E-state index in [4.69, 9.17) is 4.42 Å². The van der Waals surface area contributed by atoms with Crippen molar-refractivity contribution in [3.8, 4) is 0 Å². The maximum atomic E-state index is 5.40. The number of furan rings is 1. The minimum absolute atomic E-state index is 0.286. The number of hydrogen-bond donors (Lipinski definition) is 1. The lowest BCUT2D eigenvalue weighted by Crippen LogP contribution is -2.38. The quantitative estimate of drug-likeness (QED) is 0.907. The van der Waals surface area contributed by atoms with Crippen LogP contribution in [0.4, 0.5) is 0 Å². The molecule has 1 N–H and O–H groups in total. The van der Waals surface area contributed by atoms with Crippen LogP contribution in [0.5, 0.6) is 0 Å². The summed E-state index contributed by atoms with van der Waals surface area (Å²) in [4.78, 5) is 0. The Bertz CT molecular complexity index is 301.